The Kier molecular flexibility index (Phi) is 3.89. The van der Waals surface area contributed by atoms with E-state index in [0.717, 1.165) is 5.56 Å². The summed E-state index contributed by atoms with van der Waals surface area (Å²) in [7, 11) is 0. The molecule has 0 spiro atoms. The molecule has 0 bridgehead atoms. The van der Waals surface area contributed by atoms with Crippen LogP contribution in [0.15, 0.2) is 18.2 Å². The predicted octanol–water partition coefficient (Wildman–Crippen LogP) is 2.32. The Bertz CT molecular complexity index is 301. The lowest BCUT2D eigenvalue weighted by atomic mass is 10.2. The van der Waals surface area contributed by atoms with E-state index in [9.17, 15) is 9.50 Å². The lowest BCUT2D eigenvalue weighted by Crippen LogP contribution is -2.18. The molecule has 1 aromatic carbocycles. The minimum absolute atomic E-state index is 0.279. The van der Waals surface area contributed by atoms with Crippen LogP contribution in [-0.2, 0) is 0 Å². The fraction of sp³-hybridized carbons (Fsp3) is 0.455. The first-order valence-corrected chi connectivity index (χ1v) is 4.81. The molecule has 0 amide bonds. The molecule has 0 heterocycles. The van der Waals surface area contributed by atoms with Crippen molar-refractivity contribution in [3.05, 3.63) is 29.6 Å². The molecule has 1 atom stereocenters. The lowest BCUT2D eigenvalue weighted by molar-refractivity contribution is 0.183. The summed E-state index contributed by atoms with van der Waals surface area (Å²) in [5, 5.41) is 12.2. The second kappa shape index (κ2) is 4.96. The summed E-state index contributed by atoms with van der Waals surface area (Å²) in [6, 6.07) is 4.88. The number of hydrogen-bond donors (Lipinski definition) is 2. The maximum atomic E-state index is 13.2. The molecular formula is C11H16FNO. The van der Waals surface area contributed by atoms with Gasteiger partial charge in [0.15, 0.2) is 0 Å². The van der Waals surface area contributed by atoms with Gasteiger partial charge in [-0.1, -0.05) is 13.0 Å². The van der Waals surface area contributed by atoms with Crippen LogP contribution < -0.4 is 5.32 Å². The molecule has 78 valence electrons. The van der Waals surface area contributed by atoms with Gasteiger partial charge in [-0.3, -0.25) is 0 Å². The molecule has 3 heteroatoms. The van der Waals surface area contributed by atoms with Crippen molar-refractivity contribution < 1.29 is 9.50 Å². The number of hydrogen-bond acceptors (Lipinski definition) is 2. The van der Waals surface area contributed by atoms with Crippen molar-refractivity contribution in [2.24, 2.45) is 0 Å². The Morgan fingerprint density at radius 2 is 2.21 bits per heavy atom. The Labute approximate surface area is 83.8 Å². The third-order valence-electron chi connectivity index (χ3n) is 2.12. The van der Waals surface area contributed by atoms with Gasteiger partial charge in [0.2, 0.25) is 0 Å². The van der Waals surface area contributed by atoms with Crippen LogP contribution in [0, 0.1) is 12.7 Å². The number of aliphatic hydroxyl groups is 1. The van der Waals surface area contributed by atoms with Crippen LogP contribution >= 0.6 is 0 Å². The fourth-order valence-corrected chi connectivity index (χ4v) is 1.15. The van der Waals surface area contributed by atoms with Gasteiger partial charge in [0.1, 0.15) is 5.82 Å². The van der Waals surface area contributed by atoms with E-state index in [1.807, 2.05) is 13.8 Å². The number of nitrogens with one attached hydrogen (secondary N) is 1. The molecule has 1 aromatic rings. The van der Waals surface area contributed by atoms with Crippen LogP contribution in [0.3, 0.4) is 0 Å². The van der Waals surface area contributed by atoms with Crippen molar-refractivity contribution in [2.75, 3.05) is 11.9 Å². The monoisotopic (exact) mass is 197 g/mol. The van der Waals surface area contributed by atoms with Crippen LogP contribution in [0.4, 0.5) is 10.1 Å². The fourth-order valence-electron chi connectivity index (χ4n) is 1.15. The molecule has 0 saturated carbocycles. The zero-order valence-electron chi connectivity index (χ0n) is 8.55. The van der Waals surface area contributed by atoms with E-state index in [1.165, 1.54) is 6.07 Å². The molecular weight excluding hydrogens is 181 g/mol. The number of aryl methyl sites for hydroxylation is 1. The van der Waals surface area contributed by atoms with Crippen molar-refractivity contribution >= 4 is 5.69 Å². The first kappa shape index (κ1) is 11.0. The second-order valence-corrected chi connectivity index (χ2v) is 3.43. The number of halogens is 1. The predicted molar refractivity (Wildman–Crippen MR) is 55.9 cm³/mol. The first-order chi connectivity index (χ1) is 6.63. The first-order valence-electron chi connectivity index (χ1n) is 4.81. The molecule has 0 aliphatic rings. The van der Waals surface area contributed by atoms with E-state index in [1.54, 1.807) is 12.1 Å². The van der Waals surface area contributed by atoms with Gasteiger partial charge in [-0.15, -0.1) is 0 Å². The Morgan fingerprint density at radius 1 is 1.50 bits per heavy atom. The zero-order chi connectivity index (χ0) is 10.6. The van der Waals surface area contributed by atoms with Crippen LogP contribution in [0.5, 0.6) is 0 Å². The van der Waals surface area contributed by atoms with Gasteiger partial charge in [-0.2, -0.15) is 0 Å². The highest BCUT2D eigenvalue weighted by Gasteiger charge is 2.04. The summed E-state index contributed by atoms with van der Waals surface area (Å²) in [6.45, 7) is 4.18. The number of aliphatic hydroxyl groups excluding tert-OH is 1. The van der Waals surface area contributed by atoms with Gasteiger partial charge in [0.25, 0.3) is 0 Å². The summed E-state index contributed by atoms with van der Waals surface area (Å²) in [5.74, 6) is -0.279. The van der Waals surface area contributed by atoms with Crippen molar-refractivity contribution in [1.29, 1.82) is 0 Å². The average molecular weight is 197 g/mol. The van der Waals surface area contributed by atoms with Crippen LogP contribution in [0.1, 0.15) is 18.9 Å². The average Bonchev–Trinajstić information content (AvgIpc) is 2.19. The largest absolute Gasteiger partial charge is 0.391 e. The maximum absolute atomic E-state index is 13.2. The topological polar surface area (TPSA) is 32.3 Å². The lowest BCUT2D eigenvalue weighted by Gasteiger charge is -2.11. The third-order valence-corrected chi connectivity index (χ3v) is 2.12. The summed E-state index contributed by atoms with van der Waals surface area (Å²) in [5.41, 5.74) is 1.46. The SMILES string of the molecule is CC[C@@H](O)CNc1cc(C)ccc1F. The van der Waals surface area contributed by atoms with Gasteiger partial charge < -0.3 is 10.4 Å². The quantitative estimate of drug-likeness (QED) is 0.776. The molecule has 14 heavy (non-hydrogen) atoms. The highest BCUT2D eigenvalue weighted by atomic mass is 19.1. The van der Waals surface area contributed by atoms with E-state index in [-0.39, 0.29) is 5.82 Å². The zero-order valence-corrected chi connectivity index (χ0v) is 8.55. The third kappa shape index (κ3) is 3.00. The standard InChI is InChI=1S/C11H16FNO/c1-3-9(14)7-13-11-6-8(2)4-5-10(11)12/h4-6,9,13-14H,3,7H2,1-2H3/t9-/m1/s1. The van der Waals surface area contributed by atoms with Gasteiger partial charge in [-0.05, 0) is 31.0 Å². The minimum atomic E-state index is -0.421. The molecule has 0 saturated heterocycles. The van der Waals surface area contributed by atoms with Gasteiger partial charge in [-0.25, -0.2) is 4.39 Å². The number of anilines is 1. The molecule has 0 aliphatic heterocycles. The van der Waals surface area contributed by atoms with E-state index >= 15 is 0 Å². The van der Waals surface area contributed by atoms with Crippen LogP contribution in [-0.4, -0.2) is 17.8 Å². The molecule has 2 N–H and O–H groups in total. The van der Waals surface area contributed by atoms with E-state index in [2.05, 4.69) is 5.32 Å². The highest BCUT2D eigenvalue weighted by molar-refractivity contribution is 5.47. The summed E-state index contributed by atoms with van der Waals surface area (Å²) in [4.78, 5) is 0. The van der Waals surface area contributed by atoms with Crippen LogP contribution in [0.2, 0.25) is 0 Å². The van der Waals surface area contributed by atoms with Crippen molar-refractivity contribution in [1.82, 2.24) is 0 Å². The molecule has 0 aliphatic carbocycles. The van der Waals surface area contributed by atoms with Crippen molar-refractivity contribution in [3.8, 4) is 0 Å². The van der Waals surface area contributed by atoms with E-state index in [4.69, 9.17) is 0 Å². The Hall–Kier alpha value is -1.09. The molecule has 0 fully saturated rings. The summed E-state index contributed by atoms with van der Waals surface area (Å²) < 4.78 is 13.2. The van der Waals surface area contributed by atoms with Gasteiger partial charge in [0.05, 0.1) is 11.8 Å². The van der Waals surface area contributed by atoms with E-state index in [0.29, 0.717) is 18.7 Å². The highest BCUT2D eigenvalue weighted by Crippen LogP contribution is 2.15. The molecule has 0 unspecified atom stereocenters. The number of rotatable bonds is 4. The minimum Gasteiger partial charge on any atom is -0.391 e. The molecule has 0 aromatic heterocycles. The Balaban J connectivity index is 2.62. The van der Waals surface area contributed by atoms with E-state index < -0.39 is 6.10 Å². The molecule has 0 radical (unpaired) electrons. The molecule has 1 rings (SSSR count). The maximum Gasteiger partial charge on any atom is 0.146 e. The number of benzene rings is 1. The second-order valence-electron chi connectivity index (χ2n) is 3.43. The smallest absolute Gasteiger partial charge is 0.146 e. The van der Waals surface area contributed by atoms with Crippen molar-refractivity contribution in [2.45, 2.75) is 26.4 Å². The summed E-state index contributed by atoms with van der Waals surface area (Å²) in [6.07, 6.45) is 0.246. The van der Waals surface area contributed by atoms with Gasteiger partial charge >= 0.3 is 0 Å². The summed E-state index contributed by atoms with van der Waals surface area (Å²) >= 11 is 0. The van der Waals surface area contributed by atoms with Crippen molar-refractivity contribution in [3.63, 3.8) is 0 Å². The van der Waals surface area contributed by atoms with Gasteiger partial charge in [0, 0.05) is 6.54 Å². The Morgan fingerprint density at radius 3 is 2.86 bits per heavy atom. The molecule has 2 nitrogen and oxygen atoms in total. The normalized spacial score (nSPS) is 12.6. The van der Waals surface area contributed by atoms with Crippen LogP contribution in [0.25, 0.3) is 0 Å².